The molecular weight excluding hydrogens is 333 g/mol. The van der Waals surface area contributed by atoms with Gasteiger partial charge in [0.05, 0.1) is 0 Å². The van der Waals surface area contributed by atoms with Gasteiger partial charge >= 0.3 is 0 Å². The SMILES string of the molecule is CC(CN1CCCCC1)NC(=O)CC1CC2CCC(C1)N2.Cl.Cl. The Morgan fingerprint density at radius 2 is 1.74 bits per heavy atom. The van der Waals surface area contributed by atoms with Crippen molar-refractivity contribution >= 4 is 30.7 Å². The second-order valence-corrected chi connectivity index (χ2v) is 7.51. The molecule has 0 aromatic heterocycles. The smallest absolute Gasteiger partial charge is 0.220 e. The summed E-state index contributed by atoms with van der Waals surface area (Å²) in [4.78, 5) is 14.7. The van der Waals surface area contributed by atoms with Gasteiger partial charge in [0.25, 0.3) is 0 Å². The second-order valence-electron chi connectivity index (χ2n) is 7.51. The Kier molecular flexibility index (Phi) is 9.20. The molecule has 6 heteroatoms. The molecule has 3 aliphatic heterocycles. The lowest BCUT2D eigenvalue weighted by Gasteiger charge is -2.31. The van der Waals surface area contributed by atoms with Crippen molar-refractivity contribution in [2.45, 2.75) is 76.4 Å². The lowest BCUT2D eigenvalue weighted by molar-refractivity contribution is -0.123. The topological polar surface area (TPSA) is 44.4 Å². The van der Waals surface area contributed by atoms with E-state index in [-0.39, 0.29) is 36.8 Å². The molecule has 3 unspecified atom stereocenters. The first kappa shape index (κ1) is 21.0. The fourth-order valence-corrected chi connectivity index (χ4v) is 4.51. The molecule has 0 aromatic rings. The predicted molar refractivity (Wildman–Crippen MR) is 99.7 cm³/mol. The summed E-state index contributed by atoms with van der Waals surface area (Å²) in [5.74, 6) is 0.872. The first-order valence-corrected chi connectivity index (χ1v) is 8.97. The molecule has 3 atom stereocenters. The number of likely N-dealkylation sites (tertiary alicyclic amines) is 1. The van der Waals surface area contributed by atoms with Gasteiger partial charge in [-0.05, 0) is 64.5 Å². The standard InChI is InChI=1S/C17H31N3O.2ClH/c1-13(12-20-7-3-2-4-8-20)18-17(21)11-14-9-15-5-6-16(10-14)19-15;;/h13-16,19H,2-12H2,1H3,(H,18,21);2*1H. The van der Waals surface area contributed by atoms with Gasteiger partial charge in [0, 0.05) is 31.1 Å². The van der Waals surface area contributed by atoms with E-state index in [1.165, 1.54) is 58.0 Å². The van der Waals surface area contributed by atoms with Crippen molar-refractivity contribution in [3.05, 3.63) is 0 Å². The summed E-state index contributed by atoms with van der Waals surface area (Å²) in [5.41, 5.74) is 0. The first-order valence-electron chi connectivity index (χ1n) is 8.97. The van der Waals surface area contributed by atoms with Crippen LogP contribution in [0.4, 0.5) is 0 Å². The number of nitrogens with one attached hydrogen (secondary N) is 2. The van der Waals surface area contributed by atoms with E-state index in [1.54, 1.807) is 0 Å². The Hall–Kier alpha value is -0.0300. The van der Waals surface area contributed by atoms with Gasteiger partial charge in [0.15, 0.2) is 0 Å². The zero-order chi connectivity index (χ0) is 14.7. The highest BCUT2D eigenvalue weighted by Gasteiger charge is 2.34. The number of carbonyl (C=O) groups is 1. The molecule has 0 aromatic carbocycles. The predicted octanol–water partition coefficient (Wildman–Crippen LogP) is 2.74. The molecule has 3 saturated heterocycles. The normalized spacial score (nSPS) is 31.6. The van der Waals surface area contributed by atoms with Gasteiger partial charge in [-0.25, -0.2) is 0 Å². The molecule has 2 N–H and O–H groups in total. The molecule has 136 valence electrons. The molecule has 23 heavy (non-hydrogen) atoms. The maximum absolute atomic E-state index is 12.2. The average Bonchev–Trinajstić information content (AvgIpc) is 2.78. The Morgan fingerprint density at radius 3 is 2.35 bits per heavy atom. The summed E-state index contributed by atoms with van der Waals surface area (Å²) >= 11 is 0. The molecule has 3 fully saturated rings. The van der Waals surface area contributed by atoms with E-state index in [1.807, 2.05) is 0 Å². The Bertz CT molecular complexity index is 352. The van der Waals surface area contributed by atoms with Crippen molar-refractivity contribution < 1.29 is 4.79 Å². The van der Waals surface area contributed by atoms with E-state index in [4.69, 9.17) is 0 Å². The molecular formula is C17H33Cl2N3O. The van der Waals surface area contributed by atoms with Gasteiger partial charge in [-0.15, -0.1) is 24.8 Å². The van der Waals surface area contributed by atoms with Gasteiger partial charge in [-0.1, -0.05) is 6.42 Å². The van der Waals surface area contributed by atoms with E-state index in [0.29, 0.717) is 18.0 Å². The molecule has 0 saturated carbocycles. The summed E-state index contributed by atoms with van der Waals surface area (Å²) in [6.45, 7) is 5.58. The van der Waals surface area contributed by atoms with E-state index in [9.17, 15) is 4.79 Å². The highest BCUT2D eigenvalue weighted by atomic mass is 35.5. The number of rotatable bonds is 5. The van der Waals surface area contributed by atoms with Crippen molar-refractivity contribution in [2.75, 3.05) is 19.6 Å². The molecule has 2 bridgehead atoms. The van der Waals surface area contributed by atoms with Gasteiger partial charge in [0.2, 0.25) is 5.91 Å². The number of fused-ring (bicyclic) bond motifs is 2. The Morgan fingerprint density at radius 1 is 1.13 bits per heavy atom. The van der Waals surface area contributed by atoms with Crippen LogP contribution in [0, 0.1) is 5.92 Å². The number of carbonyl (C=O) groups excluding carboxylic acids is 1. The van der Waals surface area contributed by atoms with Crippen LogP contribution in [0.15, 0.2) is 0 Å². The highest BCUT2D eigenvalue weighted by Crippen LogP contribution is 2.32. The summed E-state index contributed by atoms with van der Waals surface area (Å²) in [6, 6.07) is 1.66. The van der Waals surface area contributed by atoms with Crippen LogP contribution in [-0.2, 0) is 4.79 Å². The minimum Gasteiger partial charge on any atom is -0.352 e. The lowest BCUT2D eigenvalue weighted by Crippen LogP contribution is -2.45. The molecule has 0 spiro atoms. The lowest BCUT2D eigenvalue weighted by atomic mass is 9.89. The van der Waals surface area contributed by atoms with Crippen molar-refractivity contribution in [3.8, 4) is 0 Å². The molecule has 4 nitrogen and oxygen atoms in total. The Balaban J connectivity index is 0.00000132. The quantitative estimate of drug-likeness (QED) is 0.787. The third-order valence-corrected chi connectivity index (χ3v) is 5.43. The van der Waals surface area contributed by atoms with Crippen molar-refractivity contribution in [3.63, 3.8) is 0 Å². The number of amides is 1. The second kappa shape index (κ2) is 10.1. The van der Waals surface area contributed by atoms with Crippen LogP contribution in [0.5, 0.6) is 0 Å². The monoisotopic (exact) mass is 365 g/mol. The number of nitrogens with zero attached hydrogens (tertiary/aromatic N) is 1. The van der Waals surface area contributed by atoms with Gasteiger partial charge < -0.3 is 15.5 Å². The van der Waals surface area contributed by atoms with E-state index >= 15 is 0 Å². The number of hydrogen-bond donors (Lipinski definition) is 2. The van der Waals surface area contributed by atoms with Crippen LogP contribution in [-0.4, -0.2) is 48.6 Å². The average molecular weight is 366 g/mol. The third-order valence-electron chi connectivity index (χ3n) is 5.43. The summed E-state index contributed by atoms with van der Waals surface area (Å²) < 4.78 is 0. The van der Waals surface area contributed by atoms with Gasteiger partial charge in [-0.3, -0.25) is 4.79 Å². The molecule has 1 amide bonds. The van der Waals surface area contributed by atoms with E-state index in [0.717, 1.165) is 13.0 Å². The molecule has 3 heterocycles. The van der Waals surface area contributed by atoms with E-state index < -0.39 is 0 Å². The van der Waals surface area contributed by atoms with Crippen molar-refractivity contribution in [1.29, 1.82) is 0 Å². The number of piperidine rings is 2. The largest absolute Gasteiger partial charge is 0.352 e. The minimum atomic E-state index is 0. The molecule has 0 aliphatic carbocycles. The number of hydrogen-bond acceptors (Lipinski definition) is 3. The summed E-state index contributed by atoms with van der Waals surface area (Å²) in [6.07, 6.45) is 9.77. The van der Waals surface area contributed by atoms with Crippen LogP contribution >= 0.6 is 24.8 Å². The molecule has 3 aliphatic rings. The summed E-state index contributed by atoms with van der Waals surface area (Å²) in [5, 5.41) is 6.87. The summed E-state index contributed by atoms with van der Waals surface area (Å²) in [7, 11) is 0. The van der Waals surface area contributed by atoms with Crippen molar-refractivity contribution in [1.82, 2.24) is 15.5 Å². The third kappa shape index (κ3) is 6.41. The van der Waals surface area contributed by atoms with Crippen LogP contribution in [0.3, 0.4) is 0 Å². The van der Waals surface area contributed by atoms with Gasteiger partial charge in [-0.2, -0.15) is 0 Å². The number of halogens is 2. The Labute approximate surface area is 153 Å². The van der Waals surface area contributed by atoms with E-state index in [2.05, 4.69) is 22.5 Å². The van der Waals surface area contributed by atoms with Gasteiger partial charge in [0.1, 0.15) is 0 Å². The first-order chi connectivity index (χ1) is 10.2. The zero-order valence-corrected chi connectivity index (χ0v) is 15.9. The highest BCUT2D eigenvalue weighted by molar-refractivity contribution is 5.85. The molecule has 3 rings (SSSR count). The van der Waals surface area contributed by atoms with Crippen LogP contribution < -0.4 is 10.6 Å². The minimum absolute atomic E-state index is 0. The fourth-order valence-electron chi connectivity index (χ4n) is 4.51. The fraction of sp³-hybridized carbons (Fsp3) is 0.941. The van der Waals surface area contributed by atoms with Crippen LogP contribution in [0.25, 0.3) is 0 Å². The van der Waals surface area contributed by atoms with Crippen LogP contribution in [0.1, 0.15) is 58.3 Å². The maximum Gasteiger partial charge on any atom is 0.220 e. The zero-order valence-electron chi connectivity index (χ0n) is 14.3. The van der Waals surface area contributed by atoms with Crippen molar-refractivity contribution in [2.24, 2.45) is 5.92 Å². The van der Waals surface area contributed by atoms with Crippen LogP contribution in [0.2, 0.25) is 0 Å². The maximum atomic E-state index is 12.2. The molecule has 0 radical (unpaired) electrons.